The van der Waals surface area contributed by atoms with Crippen LogP contribution in [0.2, 0.25) is 0 Å². The van der Waals surface area contributed by atoms with Crippen LogP contribution in [0.4, 0.5) is 19.0 Å². The van der Waals surface area contributed by atoms with Crippen molar-refractivity contribution in [3.8, 4) is 17.0 Å². The first-order valence-corrected chi connectivity index (χ1v) is 9.84. The number of anilines is 1. The molecule has 166 valence electrons. The van der Waals surface area contributed by atoms with Gasteiger partial charge in [0.1, 0.15) is 29.4 Å². The number of hydrogen-bond acceptors (Lipinski definition) is 6. The second-order valence-electron chi connectivity index (χ2n) is 7.64. The monoisotopic (exact) mass is 443 g/mol. The largest absolute Gasteiger partial charge is 0.495 e. The van der Waals surface area contributed by atoms with Crippen molar-refractivity contribution in [1.82, 2.24) is 15.2 Å². The van der Waals surface area contributed by atoms with E-state index >= 15 is 0 Å². The highest BCUT2D eigenvalue weighted by molar-refractivity contribution is 5.98. The van der Waals surface area contributed by atoms with Crippen LogP contribution >= 0.6 is 0 Å². The topological polar surface area (TPSA) is 103 Å². The molecule has 1 aliphatic carbocycles. The minimum atomic E-state index is -1.03. The van der Waals surface area contributed by atoms with Gasteiger partial charge in [-0.25, -0.2) is 13.2 Å². The summed E-state index contributed by atoms with van der Waals surface area (Å²) in [5.74, 6) is -1.62. The van der Waals surface area contributed by atoms with Gasteiger partial charge in [0.05, 0.1) is 29.6 Å². The quantitative estimate of drug-likeness (QED) is 0.580. The molecular weight excluding hydrogens is 423 g/mol. The van der Waals surface area contributed by atoms with Gasteiger partial charge in [-0.1, -0.05) is 0 Å². The van der Waals surface area contributed by atoms with E-state index in [2.05, 4.69) is 20.5 Å². The molecule has 7 nitrogen and oxygen atoms in total. The first-order chi connectivity index (χ1) is 15.3. The molecule has 2 aromatic heterocycles. The van der Waals surface area contributed by atoms with Gasteiger partial charge in [-0.15, -0.1) is 10.2 Å². The summed E-state index contributed by atoms with van der Waals surface area (Å²) in [6.07, 6.45) is 0.728. The fourth-order valence-electron chi connectivity index (χ4n) is 4.01. The number of nitrogens with one attached hydrogen (secondary N) is 1. The zero-order chi connectivity index (χ0) is 22.9. The van der Waals surface area contributed by atoms with Gasteiger partial charge in [0.15, 0.2) is 0 Å². The Morgan fingerprint density at radius 2 is 1.97 bits per heavy atom. The van der Waals surface area contributed by atoms with Crippen LogP contribution in [0, 0.1) is 11.6 Å². The Labute approximate surface area is 181 Å². The molecule has 0 spiro atoms. The minimum Gasteiger partial charge on any atom is -0.495 e. The molecule has 0 unspecified atom stereocenters. The molecule has 0 bridgehead atoms. The Hall–Kier alpha value is -3.69. The summed E-state index contributed by atoms with van der Waals surface area (Å²) in [5.41, 5.74) is 4.84. The third-order valence-corrected chi connectivity index (χ3v) is 5.59. The number of nitrogens with two attached hydrogens (primary N) is 1. The summed E-state index contributed by atoms with van der Waals surface area (Å²) < 4.78 is 47.7. The number of halogens is 3. The molecule has 2 heterocycles. The summed E-state index contributed by atoms with van der Waals surface area (Å²) in [4.78, 5) is 15.7. The van der Waals surface area contributed by atoms with Crippen molar-refractivity contribution in [2.75, 3.05) is 19.0 Å². The predicted molar refractivity (Wildman–Crippen MR) is 111 cm³/mol. The van der Waals surface area contributed by atoms with E-state index < -0.39 is 29.1 Å². The van der Waals surface area contributed by atoms with Crippen LogP contribution in [0.3, 0.4) is 0 Å². The number of nitrogens with zero attached hydrogens (tertiary/aromatic N) is 3. The van der Waals surface area contributed by atoms with E-state index in [1.165, 1.54) is 37.6 Å². The Bertz CT molecular complexity index is 1150. The molecule has 1 fully saturated rings. The van der Waals surface area contributed by atoms with E-state index in [-0.39, 0.29) is 47.7 Å². The summed E-state index contributed by atoms with van der Waals surface area (Å²) in [6, 6.07) is 8.15. The van der Waals surface area contributed by atoms with Crippen LogP contribution in [-0.2, 0) is 5.41 Å². The lowest BCUT2D eigenvalue weighted by molar-refractivity contribution is 0.0963. The highest BCUT2D eigenvalue weighted by Gasteiger charge is 2.48. The molecule has 32 heavy (non-hydrogen) atoms. The molecule has 3 aromatic rings. The van der Waals surface area contributed by atoms with Crippen LogP contribution in [0.5, 0.6) is 5.75 Å². The maximum Gasteiger partial charge on any atom is 0.252 e. The standard InChI is InChI=1S/C22H20F3N5O2/c1-32-19-13(21(26)31)4-5-14(24)18(19)16-6-7-17(30-29-16)28-11-22(9-12(23)10-22)20-15(25)3-2-8-27-20/h2-8,12H,9-11H2,1H3,(H2,26,31)(H,28,30). The minimum absolute atomic E-state index is 0.0120. The van der Waals surface area contributed by atoms with Gasteiger partial charge in [0, 0.05) is 18.2 Å². The van der Waals surface area contributed by atoms with Gasteiger partial charge in [0.25, 0.3) is 5.91 Å². The number of rotatable bonds is 7. The van der Waals surface area contributed by atoms with E-state index in [1.54, 1.807) is 6.07 Å². The molecule has 1 amide bonds. The van der Waals surface area contributed by atoms with Crippen molar-refractivity contribution >= 4 is 11.7 Å². The van der Waals surface area contributed by atoms with Gasteiger partial charge >= 0.3 is 0 Å². The van der Waals surface area contributed by atoms with Gasteiger partial charge < -0.3 is 15.8 Å². The van der Waals surface area contributed by atoms with Crippen LogP contribution in [0.15, 0.2) is 42.6 Å². The van der Waals surface area contributed by atoms with Crippen LogP contribution in [0.1, 0.15) is 28.9 Å². The van der Waals surface area contributed by atoms with Crippen molar-refractivity contribution < 1.29 is 22.7 Å². The number of primary amides is 1. The average Bonchev–Trinajstić information content (AvgIpc) is 2.76. The van der Waals surface area contributed by atoms with E-state index in [9.17, 15) is 18.0 Å². The summed E-state index contributed by atoms with van der Waals surface area (Å²) >= 11 is 0. The number of ether oxygens (including phenoxy) is 1. The first-order valence-electron chi connectivity index (χ1n) is 9.84. The van der Waals surface area contributed by atoms with E-state index in [0.29, 0.717) is 5.82 Å². The lowest BCUT2D eigenvalue weighted by Gasteiger charge is -2.44. The Morgan fingerprint density at radius 1 is 1.19 bits per heavy atom. The van der Waals surface area contributed by atoms with Crippen molar-refractivity contribution in [1.29, 1.82) is 0 Å². The van der Waals surface area contributed by atoms with Crippen LogP contribution in [0.25, 0.3) is 11.3 Å². The summed E-state index contributed by atoms with van der Waals surface area (Å²) in [5, 5.41) is 11.1. The number of pyridine rings is 1. The number of aromatic nitrogens is 3. The molecule has 0 radical (unpaired) electrons. The van der Waals surface area contributed by atoms with Crippen molar-refractivity contribution in [3.05, 3.63) is 65.5 Å². The normalized spacial score (nSPS) is 19.8. The van der Waals surface area contributed by atoms with E-state index in [0.717, 1.165) is 6.07 Å². The maximum atomic E-state index is 14.5. The van der Waals surface area contributed by atoms with Gasteiger partial charge in [-0.3, -0.25) is 9.78 Å². The highest BCUT2D eigenvalue weighted by Crippen LogP contribution is 2.45. The predicted octanol–water partition coefficient (Wildman–Crippen LogP) is 3.41. The van der Waals surface area contributed by atoms with Crippen molar-refractivity contribution in [2.24, 2.45) is 5.73 Å². The summed E-state index contributed by atoms with van der Waals surface area (Å²) in [6.45, 7) is 0.199. The molecular formula is C22H20F3N5O2. The number of carbonyl (C=O) groups excluding carboxylic acids is 1. The number of hydrogen-bond donors (Lipinski definition) is 2. The third kappa shape index (κ3) is 3.83. The third-order valence-electron chi connectivity index (χ3n) is 5.59. The maximum absolute atomic E-state index is 14.5. The molecule has 3 N–H and O–H groups in total. The van der Waals surface area contributed by atoms with E-state index in [1.807, 2.05) is 0 Å². The number of methoxy groups -OCH3 is 1. The molecule has 1 saturated carbocycles. The highest BCUT2D eigenvalue weighted by atomic mass is 19.1. The number of alkyl halides is 1. The number of benzene rings is 1. The zero-order valence-corrected chi connectivity index (χ0v) is 17.1. The molecule has 0 aliphatic heterocycles. The zero-order valence-electron chi connectivity index (χ0n) is 17.1. The van der Waals surface area contributed by atoms with Crippen LogP contribution < -0.4 is 15.8 Å². The molecule has 1 aromatic carbocycles. The smallest absolute Gasteiger partial charge is 0.252 e. The fourth-order valence-corrected chi connectivity index (χ4v) is 4.01. The average molecular weight is 443 g/mol. The molecule has 4 rings (SSSR count). The van der Waals surface area contributed by atoms with Crippen molar-refractivity contribution in [2.45, 2.75) is 24.4 Å². The van der Waals surface area contributed by atoms with Gasteiger partial charge in [-0.05, 0) is 49.2 Å². The van der Waals surface area contributed by atoms with Gasteiger partial charge in [0.2, 0.25) is 0 Å². The second kappa shape index (κ2) is 8.45. The summed E-state index contributed by atoms with van der Waals surface area (Å²) in [7, 11) is 1.29. The molecule has 1 aliphatic rings. The van der Waals surface area contributed by atoms with Crippen LogP contribution in [-0.4, -0.2) is 40.9 Å². The second-order valence-corrected chi connectivity index (χ2v) is 7.64. The Morgan fingerprint density at radius 3 is 2.56 bits per heavy atom. The van der Waals surface area contributed by atoms with Gasteiger partial charge in [-0.2, -0.15) is 0 Å². The number of amides is 1. The lowest BCUT2D eigenvalue weighted by atomic mass is 9.65. The van der Waals surface area contributed by atoms with Crippen molar-refractivity contribution in [3.63, 3.8) is 0 Å². The fraction of sp³-hybridized carbons (Fsp3) is 0.273. The molecule has 0 saturated heterocycles. The Balaban J connectivity index is 1.57. The first kappa shape index (κ1) is 21.5. The lowest BCUT2D eigenvalue weighted by Crippen LogP contribution is -2.49. The SMILES string of the molecule is COc1c(C(N)=O)ccc(F)c1-c1ccc(NCC2(c3ncccc3F)CC(F)C2)nn1. The number of carbonyl (C=O) groups is 1. The van der Waals surface area contributed by atoms with E-state index in [4.69, 9.17) is 10.5 Å². The molecule has 0 atom stereocenters. The Kier molecular flexibility index (Phi) is 5.68. The molecule has 10 heteroatoms.